The fourth-order valence-electron chi connectivity index (χ4n) is 1.16. The van der Waals surface area contributed by atoms with Gasteiger partial charge in [0.2, 0.25) is 0 Å². The van der Waals surface area contributed by atoms with Crippen molar-refractivity contribution in [1.82, 2.24) is 10.2 Å². The lowest BCUT2D eigenvalue weighted by Gasteiger charge is -1.89. The molecule has 1 N–H and O–H groups in total. The summed E-state index contributed by atoms with van der Waals surface area (Å²) in [5.74, 6) is 6.00. The number of H-pyrrole nitrogens is 1. The first-order valence-electron chi connectivity index (χ1n) is 3.88. The number of fused-ring (bicyclic) bond motifs is 1. The lowest BCUT2D eigenvalue weighted by Crippen LogP contribution is -1.74. The third kappa shape index (κ3) is 1.73. The van der Waals surface area contributed by atoms with E-state index < -0.39 is 0 Å². The van der Waals surface area contributed by atoms with Gasteiger partial charge < -0.3 is 0 Å². The molecule has 0 atom stereocenters. The van der Waals surface area contributed by atoms with Crippen LogP contribution in [0.15, 0.2) is 24.4 Å². The van der Waals surface area contributed by atoms with Gasteiger partial charge in [-0.05, 0) is 18.2 Å². The lowest BCUT2D eigenvalue weighted by atomic mass is 10.2. The molecule has 0 aliphatic carbocycles. The van der Waals surface area contributed by atoms with Gasteiger partial charge in [-0.25, -0.2) is 0 Å². The molecule has 0 bridgehead atoms. The number of nitrogens with one attached hydrogen (secondary N) is 1. The highest BCUT2D eigenvalue weighted by atomic mass is 79.9. The van der Waals surface area contributed by atoms with Crippen LogP contribution in [0.2, 0.25) is 0 Å². The van der Waals surface area contributed by atoms with Crippen molar-refractivity contribution >= 4 is 26.8 Å². The van der Waals surface area contributed by atoms with Crippen molar-refractivity contribution in [2.24, 2.45) is 0 Å². The minimum atomic E-state index is 0.705. The SMILES string of the molecule is BrCC#Cc1ccc2[nH]ncc2c1. The second kappa shape index (κ2) is 3.63. The van der Waals surface area contributed by atoms with Crippen molar-refractivity contribution in [1.29, 1.82) is 0 Å². The third-order valence-corrected chi connectivity index (χ3v) is 2.02. The minimum absolute atomic E-state index is 0.705. The van der Waals surface area contributed by atoms with Crippen molar-refractivity contribution in [2.75, 3.05) is 5.33 Å². The zero-order valence-corrected chi connectivity index (χ0v) is 8.43. The summed E-state index contributed by atoms with van der Waals surface area (Å²) in [6.07, 6.45) is 1.80. The van der Waals surface area contributed by atoms with Crippen molar-refractivity contribution in [3.05, 3.63) is 30.0 Å². The molecule has 1 heterocycles. The smallest absolute Gasteiger partial charge is 0.0651 e. The maximum Gasteiger partial charge on any atom is 0.0651 e. The van der Waals surface area contributed by atoms with Crippen LogP contribution in [-0.2, 0) is 0 Å². The number of benzene rings is 1. The number of rotatable bonds is 0. The van der Waals surface area contributed by atoms with Gasteiger partial charge in [-0.2, -0.15) is 5.10 Å². The van der Waals surface area contributed by atoms with Gasteiger partial charge in [-0.3, -0.25) is 5.10 Å². The summed E-state index contributed by atoms with van der Waals surface area (Å²) < 4.78 is 0. The summed E-state index contributed by atoms with van der Waals surface area (Å²) >= 11 is 3.26. The van der Waals surface area contributed by atoms with Crippen LogP contribution in [-0.4, -0.2) is 15.5 Å². The van der Waals surface area contributed by atoms with Gasteiger partial charge in [0.05, 0.1) is 17.0 Å². The first-order valence-corrected chi connectivity index (χ1v) is 5.00. The van der Waals surface area contributed by atoms with Crippen LogP contribution in [0.5, 0.6) is 0 Å². The van der Waals surface area contributed by atoms with Crippen molar-refractivity contribution in [3.63, 3.8) is 0 Å². The Morgan fingerprint density at radius 3 is 3.23 bits per heavy atom. The van der Waals surface area contributed by atoms with E-state index in [1.807, 2.05) is 18.2 Å². The van der Waals surface area contributed by atoms with Crippen LogP contribution in [0, 0.1) is 11.8 Å². The van der Waals surface area contributed by atoms with Crippen molar-refractivity contribution < 1.29 is 0 Å². The van der Waals surface area contributed by atoms with Crippen LogP contribution >= 0.6 is 15.9 Å². The van der Waals surface area contributed by atoms with Gasteiger partial charge in [-0.1, -0.05) is 27.8 Å². The molecule has 0 aliphatic heterocycles. The van der Waals surface area contributed by atoms with Gasteiger partial charge in [-0.15, -0.1) is 0 Å². The average Bonchev–Trinajstić information content (AvgIpc) is 2.61. The minimum Gasteiger partial charge on any atom is -0.278 e. The standard InChI is InChI=1S/C10H7BrN2/c11-5-1-2-8-3-4-10-9(6-8)7-12-13-10/h3-4,6-7H,5H2,(H,12,13). The van der Waals surface area contributed by atoms with E-state index in [4.69, 9.17) is 0 Å². The Bertz CT molecular complexity index is 476. The molecule has 0 fully saturated rings. The summed E-state index contributed by atoms with van der Waals surface area (Å²) in [5, 5.41) is 8.64. The van der Waals surface area contributed by atoms with Gasteiger partial charge in [0.1, 0.15) is 0 Å². The second-order valence-electron chi connectivity index (χ2n) is 2.61. The van der Waals surface area contributed by atoms with Crippen LogP contribution < -0.4 is 0 Å². The Labute approximate surface area is 84.5 Å². The van der Waals surface area contributed by atoms with E-state index in [1.54, 1.807) is 6.20 Å². The van der Waals surface area contributed by atoms with E-state index in [0.29, 0.717) is 5.33 Å². The Morgan fingerprint density at radius 1 is 1.46 bits per heavy atom. The van der Waals surface area contributed by atoms with E-state index in [-0.39, 0.29) is 0 Å². The quantitative estimate of drug-likeness (QED) is 0.550. The highest BCUT2D eigenvalue weighted by Gasteiger charge is 1.94. The molecule has 3 heteroatoms. The maximum absolute atomic E-state index is 3.94. The molecule has 64 valence electrons. The van der Waals surface area contributed by atoms with E-state index in [1.165, 1.54) is 0 Å². The number of aromatic nitrogens is 2. The van der Waals surface area contributed by atoms with Crippen LogP contribution in [0.25, 0.3) is 10.9 Å². The summed E-state index contributed by atoms with van der Waals surface area (Å²) in [6.45, 7) is 0. The Morgan fingerprint density at radius 2 is 2.38 bits per heavy atom. The molecule has 2 rings (SSSR count). The number of nitrogens with zero attached hydrogens (tertiary/aromatic N) is 1. The fraction of sp³-hybridized carbons (Fsp3) is 0.100. The molecule has 0 aliphatic rings. The predicted molar refractivity (Wildman–Crippen MR) is 56.8 cm³/mol. The molecule has 0 spiro atoms. The molecule has 2 nitrogen and oxygen atoms in total. The van der Waals surface area contributed by atoms with Crippen LogP contribution in [0.3, 0.4) is 0 Å². The molecule has 0 unspecified atom stereocenters. The van der Waals surface area contributed by atoms with Crippen LogP contribution in [0.1, 0.15) is 5.56 Å². The van der Waals surface area contributed by atoms with Crippen LogP contribution in [0.4, 0.5) is 0 Å². The van der Waals surface area contributed by atoms with Crippen molar-refractivity contribution in [2.45, 2.75) is 0 Å². The highest BCUT2D eigenvalue weighted by Crippen LogP contribution is 2.11. The largest absolute Gasteiger partial charge is 0.278 e. The number of alkyl halides is 1. The van der Waals surface area contributed by atoms with E-state index in [0.717, 1.165) is 16.5 Å². The molecule has 0 radical (unpaired) electrons. The molecule has 0 saturated heterocycles. The predicted octanol–water partition coefficient (Wildman–Crippen LogP) is 2.31. The summed E-state index contributed by atoms with van der Waals surface area (Å²) in [4.78, 5) is 0. The van der Waals surface area contributed by atoms with E-state index >= 15 is 0 Å². The maximum atomic E-state index is 3.94. The summed E-state index contributed by atoms with van der Waals surface area (Å²) in [7, 11) is 0. The number of aromatic amines is 1. The zero-order valence-electron chi connectivity index (χ0n) is 6.84. The normalized spacial score (nSPS) is 9.62. The van der Waals surface area contributed by atoms with E-state index in [9.17, 15) is 0 Å². The van der Waals surface area contributed by atoms with Gasteiger partial charge in [0.15, 0.2) is 0 Å². The molecule has 13 heavy (non-hydrogen) atoms. The Kier molecular flexibility index (Phi) is 2.33. The zero-order chi connectivity index (χ0) is 9.10. The monoisotopic (exact) mass is 234 g/mol. The molecule has 1 aromatic carbocycles. The van der Waals surface area contributed by atoms with E-state index in [2.05, 4.69) is 38.0 Å². The first-order chi connectivity index (χ1) is 6.40. The lowest BCUT2D eigenvalue weighted by molar-refractivity contribution is 1.12. The first kappa shape index (κ1) is 8.33. The molecule has 0 saturated carbocycles. The Hall–Kier alpha value is -1.27. The Balaban J connectivity index is 2.48. The van der Waals surface area contributed by atoms with Gasteiger partial charge >= 0.3 is 0 Å². The summed E-state index contributed by atoms with van der Waals surface area (Å²) in [6, 6.07) is 5.99. The number of hydrogen-bond donors (Lipinski definition) is 1. The average molecular weight is 235 g/mol. The van der Waals surface area contributed by atoms with Crippen molar-refractivity contribution in [3.8, 4) is 11.8 Å². The molecule has 1 aromatic heterocycles. The fourth-order valence-corrected chi connectivity index (χ4v) is 1.30. The highest BCUT2D eigenvalue weighted by molar-refractivity contribution is 9.09. The summed E-state index contributed by atoms with van der Waals surface area (Å²) in [5.41, 5.74) is 2.07. The molecular formula is C10H7BrN2. The molecule has 0 amide bonds. The molecule has 2 aromatic rings. The topological polar surface area (TPSA) is 28.7 Å². The van der Waals surface area contributed by atoms with Gasteiger partial charge in [0.25, 0.3) is 0 Å². The third-order valence-electron chi connectivity index (χ3n) is 1.74. The number of halogens is 1. The van der Waals surface area contributed by atoms with Gasteiger partial charge in [0, 0.05) is 10.9 Å². The second-order valence-corrected chi connectivity index (χ2v) is 3.17. The molecular weight excluding hydrogens is 228 g/mol. The number of hydrogen-bond acceptors (Lipinski definition) is 1.